The smallest absolute Gasteiger partial charge is 0.249 e. The highest BCUT2D eigenvalue weighted by molar-refractivity contribution is 6.02. The number of hydrogen-bond donors (Lipinski definition) is 1. The van der Waals surface area contributed by atoms with Gasteiger partial charge < -0.3 is 14.8 Å². The van der Waals surface area contributed by atoms with Gasteiger partial charge in [-0.3, -0.25) is 14.5 Å². The minimum Gasteiger partial charge on any atom is -0.497 e. The number of nitrogens with zero attached hydrogens (tertiary/aromatic N) is 4. The van der Waals surface area contributed by atoms with Gasteiger partial charge in [0, 0.05) is 17.8 Å². The molecule has 0 saturated carbocycles. The standard InChI is InChI=1S/C32H31N5O4/c1-22-10-9-13-24(18-22)37(30(38)21-36-28-15-8-7-14-27(28)34-35-36)31(26-19-25(40-2)16-17-29(26)41-3)32(39)33-20-23-11-5-4-6-12-23/h4-19,31H,20-21H2,1-3H3,(H,33,39)/t31-/m0/s1. The molecule has 0 spiro atoms. The van der Waals surface area contributed by atoms with Crippen molar-refractivity contribution in [3.63, 3.8) is 0 Å². The van der Waals surface area contributed by atoms with Crippen LogP contribution in [-0.4, -0.2) is 41.0 Å². The first-order chi connectivity index (χ1) is 20.0. The van der Waals surface area contributed by atoms with Crippen LogP contribution in [-0.2, 0) is 22.7 Å². The summed E-state index contributed by atoms with van der Waals surface area (Å²) in [4.78, 5) is 30.0. The molecular formula is C32H31N5O4. The molecule has 1 atom stereocenters. The Hall–Kier alpha value is -5.18. The summed E-state index contributed by atoms with van der Waals surface area (Å²) >= 11 is 0. The molecule has 0 radical (unpaired) electrons. The average Bonchev–Trinajstić information content (AvgIpc) is 3.41. The lowest BCUT2D eigenvalue weighted by atomic mass is 10.0. The van der Waals surface area contributed by atoms with E-state index in [2.05, 4.69) is 15.6 Å². The summed E-state index contributed by atoms with van der Waals surface area (Å²) in [6, 6.07) is 28.6. The second-order valence-electron chi connectivity index (χ2n) is 9.55. The van der Waals surface area contributed by atoms with Crippen LogP contribution in [0.5, 0.6) is 11.5 Å². The zero-order valence-electron chi connectivity index (χ0n) is 23.2. The first-order valence-corrected chi connectivity index (χ1v) is 13.2. The molecule has 4 aromatic carbocycles. The summed E-state index contributed by atoms with van der Waals surface area (Å²) in [7, 11) is 3.08. The van der Waals surface area contributed by atoms with E-state index < -0.39 is 6.04 Å². The Kier molecular flexibility index (Phi) is 8.24. The molecule has 1 N–H and O–H groups in total. The van der Waals surface area contributed by atoms with Gasteiger partial charge in [-0.25, -0.2) is 4.68 Å². The largest absolute Gasteiger partial charge is 0.497 e. The van der Waals surface area contributed by atoms with Gasteiger partial charge in [0.15, 0.2) is 0 Å². The van der Waals surface area contributed by atoms with Crippen LogP contribution >= 0.6 is 0 Å². The molecule has 0 fully saturated rings. The summed E-state index contributed by atoms with van der Waals surface area (Å²) in [6.07, 6.45) is 0. The van der Waals surface area contributed by atoms with Gasteiger partial charge in [-0.15, -0.1) is 5.10 Å². The number of hydrogen-bond acceptors (Lipinski definition) is 6. The second-order valence-corrected chi connectivity index (χ2v) is 9.55. The molecular weight excluding hydrogens is 518 g/mol. The summed E-state index contributed by atoms with van der Waals surface area (Å²) in [5.74, 6) is 0.248. The van der Waals surface area contributed by atoms with Crippen LogP contribution in [0.2, 0.25) is 0 Å². The van der Waals surface area contributed by atoms with E-state index in [1.807, 2.05) is 85.8 Å². The molecule has 0 bridgehead atoms. The Morgan fingerprint density at radius 2 is 1.68 bits per heavy atom. The number of methoxy groups -OCH3 is 2. The molecule has 9 heteroatoms. The predicted molar refractivity (Wildman–Crippen MR) is 157 cm³/mol. The molecule has 41 heavy (non-hydrogen) atoms. The van der Waals surface area contributed by atoms with Gasteiger partial charge in [0.2, 0.25) is 11.8 Å². The van der Waals surface area contributed by atoms with E-state index in [9.17, 15) is 9.59 Å². The number of anilines is 1. The molecule has 0 aliphatic carbocycles. The third-order valence-corrected chi connectivity index (χ3v) is 6.80. The van der Waals surface area contributed by atoms with E-state index in [0.717, 1.165) is 11.1 Å². The molecule has 208 valence electrons. The number of benzene rings is 4. The summed E-state index contributed by atoms with van der Waals surface area (Å²) in [5.41, 5.74) is 4.30. The second kappa shape index (κ2) is 12.3. The fraction of sp³-hybridized carbons (Fsp3) is 0.188. The SMILES string of the molecule is COc1ccc(OC)c([C@@H](C(=O)NCc2ccccc2)N(C(=O)Cn2nnc3ccccc32)c2cccc(C)c2)c1. The lowest BCUT2D eigenvalue weighted by Crippen LogP contribution is -2.45. The monoisotopic (exact) mass is 549 g/mol. The molecule has 0 aliphatic rings. The lowest BCUT2D eigenvalue weighted by Gasteiger charge is -2.32. The van der Waals surface area contributed by atoms with Gasteiger partial charge in [-0.2, -0.15) is 0 Å². The number of carbonyl (C=O) groups excluding carboxylic acids is 2. The van der Waals surface area contributed by atoms with E-state index in [1.54, 1.807) is 30.0 Å². The van der Waals surface area contributed by atoms with Gasteiger partial charge in [-0.1, -0.05) is 59.8 Å². The van der Waals surface area contributed by atoms with Crippen LogP contribution < -0.4 is 19.7 Å². The van der Waals surface area contributed by atoms with Crippen molar-refractivity contribution in [1.82, 2.24) is 20.3 Å². The van der Waals surface area contributed by atoms with Gasteiger partial charge >= 0.3 is 0 Å². The average molecular weight is 550 g/mol. The van der Waals surface area contributed by atoms with Crippen molar-refractivity contribution < 1.29 is 19.1 Å². The molecule has 5 aromatic rings. The number of amides is 2. The summed E-state index contributed by atoms with van der Waals surface area (Å²) < 4.78 is 12.7. The van der Waals surface area contributed by atoms with E-state index in [4.69, 9.17) is 9.47 Å². The quantitative estimate of drug-likeness (QED) is 0.268. The van der Waals surface area contributed by atoms with Gasteiger partial charge in [-0.05, 0) is 60.5 Å². The Balaban J connectivity index is 1.62. The maximum Gasteiger partial charge on any atom is 0.249 e. The van der Waals surface area contributed by atoms with Crippen molar-refractivity contribution in [2.75, 3.05) is 19.1 Å². The minimum atomic E-state index is -1.09. The fourth-order valence-electron chi connectivity index (χ4n) is 4.79. The van der Waals surface area contributed by atoms with Crippen molar-refractivity contribution in [3.05, 3.63) is 114 Å². The van der Waals surface area contributed by atoms with Crippen LogP contribution in [0, 0.1) is 6.92 Å². The Morgan fingerprint density at radius 1 is 0.902 bits per heavy atom. The third-order valence-electron chi connectivity index (χ3n) is 6.80. The van der Waals surface area contributed by atoms with Crippen molar-refractivity contribution in [3.8, 4) is 11.5 Å². The van der Waals surface area contributed by atoms with E-state index in [0.29, 0.717) is 33.8 Å². The number of nitrogens with one attached hydrogen (secondary N) is 1. The first-order valence-electron chi connectivity index (χ1n) is 13.2. The number of carbonyl (C=O) groups is 2. The lowest BCUT2D eigenvalue weighted by molar-refractivity contribution is -0.127. The molecule has 0 saturated heterocycles. The Labute approximate surface area is 238 Å². The summed E-state index contributed by atoms with van der Waals surface area (Å²) in [5, 5.41) is 11.4. The maximum absolute atomic E-state index is 14.3. The molecule has 1 aromatic heterocycles. The van der Waals surface area contributed by atoms with E-state index in [-0.39, 0.29) is 24.9 Å². The van der Waals surface area contributed by atoms with Gasteiger partial charge in [0.05, 0.1) is 19.7 Å². The number of aryl methyl sites for hydroxylation is 1. The summed E-state index contributed by atoms with van der Waals surface area (Å²) in [6.45, 7) is 2.09. The van der Waals surface area contributed by atoms with Crippen LogP contribution in [0.25, 0.3) is 11.0 Å². The molecule has 0 unspecified atom stereocenters. The van der Waals surface area contributed by atoms with Crippen molar-refractivity contribution >= 4 is 28.5 Å². The van der Waals surface area contributed by atoms with Crippen molar-refractivity contribution in [2.45, 2.75) is 26.1 Å². The number of rotatable bonds is 10. The first kappa shape index (κ1) is 27.4. The molecule has 1 heterocycles. The fourth-order valence-corrected chi connectivity index (χ4v) is 4.79. The number of aromatic nitrogens is 3. The number of para-hydroxylation sites is 1. The Bertz CT molecular complexity index is 1670. The van der Waals surface area contributed by atoms with Crippen molar-refractivity contribution in [2.24, 2.45) is 0 Å². The number of ether oxygens (including phenoxy) is 2. The van der Waals surface area contributed by atoms with Crippen molar-refractivity contribution in [1.29, 1.82) is 0 Å². The molecule has 2 amide bonds. The van der Waals surface area contributed by atoms with E-state index in [1.165, 1.54) is 12.0 Å². The molecule has 5 rings (SSSR count). The Morgan fingerprint density at radius 3 is 2.44 bits per heavy atom. The zero-order chi connectivity index (χ0) is 28.8. The highest BCUT2D eigenvalue weighted by Gasteiger charge is 2.35. The minimum absolute atomic E-state index is 0.136. The highest BCUT2D eigenvalue weighted by atomic mass is 16.5. The third kappa shape index (κ3) is 6.04. The van der Waals surface area contributed by atoms with Gasteiger partial charge in [0.25, 0.3) is 0 Å². The van der Waals surface area contributed by atoms with Crippen LogP contribution in [0.15, 0.2) is 97.1 Å². The molecule has 0 aliphatic heterocycles. The highest BCUT2D eigenvalue weighted by Crippen LogP contribution is 2.36. The van der Waals surface area contributed by atoms with Crippen LogP contribution in [0.4, 0.5) is 5.69 Å². The number of fused-ring (bicyclic) bond motifs is 1. The predicted octanol–water partition coefficient (Wildman–Crippen LogP) is 4.85. The topological polar surface area (TPSA) is 98.6 Å². The zero-order valence-corrected chi connectivity index (χ0v) is 23.2. The maximum atomic E-state index is 14.3. The van der Waals surface area contributed by atoms with Gasteiger partial charge in [0.1, 0.15) is 29.6 Å². The van der Waals surface area contributed by atoms with E-state index >= 15 is 0 Å². The normalized spacial score (nSPS) is 11.6. The van der Waals surface area contributed by atoms with Crippen LogP contribution in [0.1, 0.15) is 22.7 Å². The molecule has 9 nitrogen and oxygen atoms in total. The van der Waals surface area contributed by atoms with Crippen LogP contribution in [0.3, 0.4) is 0 Å².